The number of alkyl halides is 1. The second kappa shape index (κ2) is 6.00. The molecule has 1 aromatic heterocycles. The van der Waals surface area contributed by atoms with Gasteiger partial charge in [-0.15, -0.1) is 11.3 Å². The van der Waals surface area contributed by atoms with Crippen LogP contribution in [0.3, 0.4) is 0 Å². The number of halogens is 1. The molecule has 1 atom stereocenters. The van der Waals surface area contributed by atoms with Gasteiger partial charge >= 0.3 is 0 Å². The number of para-hydroxylation sites is 1. The number of nitrogens with one attached hydrogen (secondary N) is 1. The highest BCUT2D eigenvalue weighted by molar-refractivity contribution is 9.09. The van der Waals surface area contributed by atoms with Crippen LogP contribution in [0.5, 0.6) is 0 Å². The molecule has 3 aromatic rings. The van der Waals surface area contributed by atoms with Gasteiger partial charge in [-0.25, -0.2) is 0 Å². The Balaban J connectivity index is 1.89. The predicted molar refractivity (Wildman–Crippen MR) is 93.6 cm³/mol. The largest absolute Gasteiger partial charge is 0.321 e. The van der Waals surface area contributed by atoms with E-state index in [2.05, 4.69) is 21.2 Å². The van der Waals surface area contributed by atoms with Gasteiger partial charge in [-0.05, 0) is 36.1 Å². The van der Waals surface area contributed by atoms with Gasteiger partial charge in [-0.1, -0.05) is 52.3 Å². The van der Waals surface area contributed by atoms with E-state index in [1.807, 2.05) is 61.5 Å². The van der Waals surface area contributed by atoms with Crippen LogP contribution in [-0.4, -0.2) is 5.91 Å². The summed E-state index contributed by atoms with van der Waals surface area (Å²) < 4.78 is 1.13. The van der Waals surface area contributed by atoms with E-state index in [4.69, 9.17) is 0 Å². The zero-order valence-electron chi connectivity index (χ0n) is 11.5. The third kappa shape index (κ3) is 3.01. The molecule has 0 aliphatic heterocycles. The lowest BCUT2D eigenvalue weighted by Crippen LogP contribution is -2.11. The molecular formula is C17H14BrNOS. The first-order chi connectivity index (χ1) is 10.1. The topological polar surface area (TPSA) is 29.1 Å². The Hall–Kier alpha value is -1.65. The number of hydrogen-bond donors (Lipinski definition) is 1. The van der Waals surface area contributed by atoms with Crippen molar-refractivity contribution in [1.29, 1.82) is 0 Å². The highest BCUT2D eigenvalue weighted by Crippen LogP contribution is 2.30. The zero-order chi connectivity index (χ0) is 14.8. The van der Waals surface area contributed by atoms with Crippen LogP contribution >= 0.6 is 27.3 Å². The number of anilines is 1. The summed E-state index contributed by atoms with van der Waals surface area (Å²) in [6, 6.07) is 17.8. The van der Waals surface area contributed by atoms with Gasteiger partial charge in [-0.2, -0.15) is 0 Å². The molecule has 2 nitrogen and oxygen atoms in total. The fraction of sp³-hybridized carbons (Fsp3) is 0.118. The van der Waals surface area contributed by atoms with Crippen LogP contribution in [0, 0.1) is 0 Å². The average Bonchev–Trinajstić information content (AvgIpc) is 2.91. The summed E-state index contributed by atoms with van der Waals surface area (Å²) in [7, 11) is 0. The number of hydrogen-bond acceptors (Lipinski definition) is 2. The summed E-state index contributed by atoms with van der Waals surface area (Å²) in [6.07, 6.45) is 0. The minimum Gasteiger partial charge on any atom is -0.321 e. The van der Waals surface area contributed by atoms with Crippen molar-refractivity contribution in [1.82, 2.24) is 0 Å². The molecule has 2 aromatic carbocycles. The molecule has 3 rings (SSSR count). The van der Waals surface area contributed by atoms with E-state index in [1.54, 1.807) is 0 Å². The van der Waals surface area contributed by atoms with Crippen molar-refractivity contribution < 1.29 is 4.79 Å². The Morgan fingerprint density at radius 1 is 1.14 bits per heavy atom. The van der Waals surface area contributed by atoms with Crippen LogP contribution in [-0.2, 0) is 0 Å². The van der Waals surface area contributed by atoms with Gasteiger partial charge in [0.15, 0.2) is 0 Å². The molecule has 0 bridgehead atoms. The predicted octanol–water partition coefficient (Wildman–Crippen LogP) is 5.61. The zero-order valence-corrected chi connectivity index (χ0v) is 13.9. The number of fused-ring (bicyclic) bond motifs is 1. The average molecular weight is 360 g/mol. The normalized spacial score (nSPS) is 12.3. The lowest BCUT2D eigenvalue weighted by atomic mass is 10.1. The molecule has 1 heterocycles. The van der Waals surface area contributed by atoms with Crippen LogP contribution < -0.4 is 5.32 Å². The fourth-order valence-electron chi connectivity index (χ4n) is 2.24. The Bertz CT molecular complexity index is 761. The molecule has 1 unspecified atom stereocenters. The monoisotopic (exact) mass is 359 g/mol. The summed E-state index contributed by atoms with van der Waals surface area (Å²) in [5, 5.41) is 4.12. The molecule has 0 spiro atoms. The van der Waals surface area contributed by atoms with Crippen LogP contribution in [0.1, 0.15) is 27.0 Å². The number of thiophene rings is 1. The Labute approximate surface area is 135 Å². The second-order valence-electron chi connectivity index (χ2n) is 4.81. The summed E-state index contributed by atoms with van der Waals surface area (Å²) in [5.74, 6) is -0.0585. The van der Waals surface area contributed by atoms with Gasteiger partial charge < -0.3 is 5.32 Å². The molecule has 4 heteroatoms. The van der Waals surface area contributed by atoms with Gasteiger partial charge in [0.1, 0.15) is 0 Å². The lowest BCUT2D eigenvalue weighted by molar-refractivity contribution is 0.103. The van der Waals surface area contributed by atoms with Crippen LogP contribution in [0.15, 0.2) is 54.6 Å². The molecule has 0 saturated heterocycles. The van der Waals surface area contributed by atoms with Crippen LogP contribution in [0.4, 0.5) is 5.69 Å². The summed E-state index contributed by atoms with van der Waals surface area (Å²) in [4.78, 5) is 13.4. The van der Waals surface area contributed by atoms with Gasteiger partial charge in [0.2, 0.25) is 0 Å². The molecule has 0 fully saturated rings. The molecule has 106 valence electrons. The Morgan fingerprint density at radius 2 is 1.86 bits per heavy atom. The second-order valence-corrected chi connectivity index (χ2v) is 7.26. The highest BCUT2D eigenvalue weighted by Gasteiger charge is 2.13. The maximum absolute atomic E-state index is 12.4. The van der Waals surface area contributed by atoms with E-state index < -0.39 is 0 Å². The van der Waals surface area contributed by atoms with Gasteiger partial charge in [0.25, 0.3) is 5.91 Å². The highest BCUT2D eigenvalue weighted by atomic mass is 79.9. The van der Waals surface area contributed by atoms with Crippen molar-refractivity contribution in [2.24, 2.45) is 0 Å². The smallest absolute Gasteiger partial charge is 0.265 e. The summed E-state index contributed by atoms with van der Waals surface area (Å²) in [5.41, 5.74) is 1.93. The summed E-state index contributed by atoms with van der Waals surface area (Å²) >= 11 is 5.07. The van der Waals surface area contributed by atoms with E-state index >= 15 is 0 Å². The minimum atomic E-state index is -0.0585. The van der Waals surface area contributed by atoms with Crippen molar-refractivity contribution in [2.75, 3.05) is 5.32 Å². The lowest BCUT2D eigenvalue weighted by Gasteiger charge is -2.11. The van der Waals surface area contributed by atoms with Crippen molar-refractivity contribution in [3.63, 3.8) is 0 Å². The molecule has 0 radical (unpaired) electrons. The maximum atomic E-state index is 12.4. The number of amides is 1. The number of rotatable bonds is 3. The van der Waals surface area contributed by atoms with Crippen LogP contribution in [0.25, 0.3) is 10.1 Å². The van der Waals surface area contributed by atoms with Gasteiger partial charge in [-0.3, -0.25) is 4.79 Å². The van der Waals surface area contributed by atoms with E-state index in [0.29, 0.717) is 0 Å². The maximum Gasteiger partial charge on any atom is 0.265 e. The van der Waals surface area contributed by atoms with Crippen molar-refractivity contribution in [2.45, 2.75) is 11.8 Å². The molecular weight excluding hydrogens is 346 g/mol. The quantitative estimate of drug-likeness (QED) is 0.605. The van der Waals surface area contributed by atoms with E-state index in [-0.39, 0.29) is 10.7 Å². The standard InChI is InChI=1S/C17H14BrNOS/c1-11(18)13-7-3-4-8-14(13)19-17(20)16-10-12-6-2-5-9-15(12)21-16/h2-11H,1H3,(H,19,20). The molecule has 0 aliphatic rings. The number of carbonyl (C=O) groups is 1. The van der Waals surface area contributed by atoms with Gasteiger partial charge in [0, 0.05) is 15.2 Å². The number of carbonyl (C=O) groups excluding carboxylic acids is 1. The molecule has 21 heavy (non-hydrogen) atoms. The van der Waals surface area contributed by atoms with Crippen LogP contribution in [0.2, 0.25) is 0 Å². The van der Waals surface area contributed by atoms with Crippen molar-refractivity contribution in [3.05, 3.63) is 65.0 Å². The van der Waals surface area contributed by atoms with E-state index in [1.165, 1.54) is 11.3 Å². The molecule has 0 aliphatic carbocycles. The molecule has 0 saturated carbocycles. The summed E-state index contributed by atoms with van der Waals surface area (Å²) in [6.45, 7) is 2.05. The molecule has 1 amide bonds. The fourth-order valence-corrected chi connectivity index (χ4v) is 3.59. The van der Waals surface area contributed by atoms with Crippen molar-refractivity contribution in [3.8, 4) is 0 Å². The third-order valence-corrected chi connectivity index (χ3v) is 4.89. The first kappa shape index (κ1) is 14.3. The first-order valence-corrected chi connectivity index (χ1v) is 8.41. The first-order valence-electron chi connectivity index (χ1n) is 6.68. The van der Waals surface area contributed by atoms with Gasteiger partial charge in [0.05, 0.1) is 4.88 Å². The Kier molecular flexibility index (Phi) is 4.08. The SMILES string of the molecule is CC(Br)c1ccccc1NC(=O)c1cc2ccccc2s1. The Morgan fingerprint density at radius 3 is 2.62 bits per heavy atom. The van der Waals surface area contributed by atoms with E-state index in [9.17, 15) is 4.79 Å². The third-order valence-electron chi connectivity index (χ3n) is 3.29. The minimum absolute atomic E-state index is 0.0585. The van der Waals surface area contributed by atoms with E-state index in [0.717, 1.165) is 26.2 Å². The molecule has 1 N–H and O–H groups in total. The van der Waals surface area contributed by atoms with Crippen molar-refractivity contribution >= 4 is 48.9 Å². The number of benzene rings is 2.